The van der Waals surface area contributed by atoms with E-state index in [4.69, 9.17) is 4.52 Å². The normalized spacial score (nSPS) is 27.0. The lowest BCUT2D eigenvalue weighted by molar-refractivity contribution is 0.298. The molecule has 0 aliphatic heterocycles. The molecule has 0 amide bonds. The molecule has 3 nitrogen and oxygen atoms in total. The van der Waals surface area contributed by atoms with Gasteiger partial charge in [-0.05, 0) is 25.2 Å². The van der Waals surface area contributed by atoms with E-state index in [1.54, 1.807) is 0 Å². The molecule has 3 atom stereocenters. The molecule has 1 fully saturated rings. The van der Waals surface area contributed by atoms with Crippen LogP contribution in [0.15, 0.2) is 4.52 Å². The number of hydrogen-bond acceptors (Lipinski definition) is 3. The predicted octanol–water partition coefficient (Wildman–Crippen LogP) is 4.60. The lowest BCUT2D eigenvalue weighted by Crippen LogP contribution is -2.14. The van der Waals surface area contributed by atoms with Crippen molar-refractivity contribution in [3.8, 4) is 0 Å². The van der Waals surface area contributed by atoms with Gasteiger partial charge in [-0.3, -0.25) is 0 Å². The number of halogens is 1. The standard InChI is InChI=1S/C13H21BrN2O/c1-3-9-6-5-7-10(8-9)12-15-13(17-16-12)11(14)4-2/h9-11H,3-8H2,1-2H3. The highest BCUT2D eigenvalue weighted by Gasteiger charge is 2.26. The molecule has 1 saturated carbocycles. The molecule has 0 saturated heterocycles. The molecule has 1 aromatic heterocycles. The first-order valence-corrected chi connectivity index (χ1v) is 7.63. The molecule has 0 aromatic carbocycles. The Kier molecular flexibility index (Phi) is 4.60. The van der Waals surface area contributed by atoms with Gasteiger partial charge in [-0.1, -0.05) is 54.2 Å². The zero-order valence-electron chi connectivity index (χ0n) is 10.7. The van der Waals surface area contributed by atoms with Gasteiger partial charge in [-0.2, -0.15) is 4.98 Å². The van der Waals surface area contributed by atoms with Gasteiger partial charge in [0.05, 0.1) is 4.83 Å². The third-order valence-corrected chi connectivity index (χ3v) is 4.85. The lowest BCUT2D eigenvalue weighted by atomic mass is 9.80. The van der Waals surface area contributed by atoms with Crippen molar-refractivity contribution in [2.75, 3.05) is 0 Å². The molecule has 0 N–H and O–H groups in total. The van der Waals surface area contributed by atoms with Crippen molar-refractivity contribution in [1.29, 1.82) is 0 Å². The van der Waals surface area contributed by atoms with Gasteiger partial charge in [0, 0.05) is 5.92 Å². The van der Waals surface area contributed by atoms with Crippen LogP contribution >= 0.6 is 15.9 Å². The Hall–Kier alpha value is -0.380. The number of nitrogens with zero attached hydrogens (tertiary/aromatic N) is 2. The van der Waals surface area contributed by atoms with Crippen LogP contribution in [0.5, 0.6) is 0 Å². The number of aromatic nitrogens is 2. The molecule has 17 heavy (non-hydrogen) atoms. The van der Waals surface area contributed by atoms with Crippen LogP contribution in [0.2, 0.25) is 0 Å². The molecule has 1 aliphatic carbocycles. The Balaban J connectivity index is 2.04. The van der Waals surface area contributed by atoms with Gasteiger partial charge in [0.25, 0.3) is 0 Å². The third kappa shape index (κ3) is 3.09. The average Bonchev–Trinajstić information content (AvgIpc) is 2.87. The van der Waals surface area contributed by atoms with Crippen LogP contribution in [0.3, 0.4) is 0 Å². The fourth-order valence-corrected chi connectivity index (χ4v) is 2.80. The van der Waals surface area contributed by atoms with Crippen LogP contribution in [0.25, 0.3) is 0 Å². The Morgan fingerprint density at radius 3 is 2.94 bits per heavy atom. The second kappa shape index (κ2) is 5.98. The lowest BCUT2D eigenvalue weighted by Gasteiger charge is -2.26. The Labute approximate surface area is 111 Å². The molecular formula is C13H21BrN2O. The summed E-state index contributed by atoms with van der Waals surface area (Å²) in [5.74, 6) is 3.03. The van der Waals surface area contributed by atoms with E-state index in [-0.39, 0.29) is 4.83 Å². The van der Waals surface area contributed by atoms with E-state index in [2.05, 4.69) is 39.9 Å². The molecule has 1 aliphatic rings. The van der Waals surface area contributed by atoms with E-state index in [9.17, 15) is 0 Å². The van der Waals surface area contributed by atoms with Gasteiger partial charge in [-0.25, -0.2) is 0 Å². The van der Waals surface area contributed by atoms with Crippen molar-refractivity contribution in [2.24, 2.45) is 5.92 Å². The second-order valence-corrected chi connectivity index (χ2v) is 6.11. The van der Waals surface area contributed by atoms with Crippen LogP contribution in [0, 0.1) is 5.92 Å². The predicted molar refractivity (Wildman–Crippen MR) is 71.2 cm³/mol. The third-order valence-electron chi connectivity index (χ3n) is 3.81. The fourth-order valence-electron chi connectivity index (χ4n) is 2.61. The summed E-state index contributed by atoms with van der Waals surface area (Å²) in [4.78, 5) is 4.75. The molecule has 1 aromatic rings. The molecule has 2 rings (SSSR count). The highest BCUT2D eigenvalue weighted by atomic mass is 79.9. The van der Waals surface area contributed by atoms with Crippen molar-refractivity contribution >= 4 is 15.9 Å². The van der Waals surface area contributed by atoms with E-state index in [1.807, 2.05) is 0 Å². The van der Waals surface area contributed by atoms with Crippen molar-refractivity contribution in [3.63, 3.8) is 0 Å². The summed E-state index contributed by atoms with van der Waals surface area (Å²) in [6.07, 6.45) is 7.37. The number of hydrogen-bond donors (Lipinski definition) is 0. The van der Waals surface area contributed by atoms with Crippen LogP contribution in [-0.2, 0) is 0 Å². The number of alkyl halides is 1. The highest BCUT2D eigenvalue weighted by molar-refractivity contribution is 9.09. The van der Waals surface area contributed by atoms with Crippen molar-refractivity contribution in [1.82, 2.24) is 10.1 Å². The van der Waals surface area contributed by atoms with Crippen molar-refractivity contribution in [3.05, 3.63) is 11.7 Å². The van der Waals surface area contributed by atoms with Crippen LogP contribution in [-0.4, -0.2) is 10.1 Å². The fraction of sp³-hybridized carbons (Fsp3) is 0.846. The van der Waals surface area contributed by atoms with Gasteiger partial charge < -0.3 is 4.52 Å². The SMILES string of the molecule is CCC1CCCC(c2noc(C(Br)CC)n2)C1. The van der Waals surface area contributed by atoms with E-state index in [0.717, 1.165) is 24.1 Å². The maximum absolute atomic E-state index is 5.33. The summed E-state index contributed by atoms with van der Waals surface area (Å²) in [5, 5.41) is 4.16. The zero-order chi connectivity index (χ0) is 12.3. The van der Waals surface area contributed by atoms with E-state index in [0.29, 0.717) is 5.92 Å². The Bertz CT molecular complexity index is 353. The summed E-state index contributed by atoms with van der Waals surface area (Å²) >= 11 is 3.55. The molecule has 1 heterocycles. The maximum atomic E-state index is 5.33. The van der Waals surface area contributed by atoms with Gasteiger partial charge >= 0.3 is 0 Å². The summed E-state index contributed by atoms with van der Waals surface area (Å²) in [6.45, 7) is 4.39. The van der Waals surface area contributed by atoms with Gasteiger partial charge in [0.15, 0.2) is 5.82 Å². The first-order valence-electron chi connectivity index (χ1n) is 6.72. The molecule has 0 radical (unpaired) electrons. The Morgan fingerprint density at radius 1 is 1.41 bits per heavy atom. The highest BCUT2D eigenvalue weighted by Crippen LogP contribution is 2.37. The second-order valence-electron chi connectivity index (χ2n) is 5.00. The smallest absolute Gasteiger partial charge is 0.240 e. The van der Waals surface area contributed by atoms with Crippen molar-refractivity contribution in [2.45, 2.75) is 63.1 Å². The van der Waals surface area contributed by atoms with E-state index in [1.165, 1.54) is 32.1 Å². The van der Waals surface area contributed by atoms with Crippen LogP contribution in [0.1, 0.15) is 74.8 Å². The summed E-state index contributed by atoms with van der Waals surface area (Å²) in [6, 6.07) is 0. The molecule has 0 bridgehead atoms. The van der Waals surface area contributed by atoms with Gasteiger partial charge in [0.2, 0.25) is 5.89 Å². The Morgan fingerprint density at radius 2 is 2.24 bits per heavy atom. The minimum Gasteiger partial charge on any atom is -0.338 e. The van der Waals surface area contributed by atoms with Gasteiger partial charge in [0.1, 0.15) is 0 Å². The quantitative estimate of drug-likeness (QED) is 0.763. The topological polar surface area (TPSA) is 38.9 Å². The largest absolute Gasteiger partial charge is 0.338 e. The minimum atomic E-state index is 0.203. The van der Waals surface area contributed by atoms with Crippen LogP contribution in [0.4, 0.5) is 0 Å². The molecule has 0 spiro atoms. The molecule has 96 valence electrons. The van der Waals surface area contributed by atoms with Gasteiger partial charge in [-0.15, -0.1) is 0 Å². The summed E-state index contributed by atoms with van der Waals surface area (Å²) < 4.78 is 5.33. The first-order chi connectivity index (χ1) is 8.24. The first kappa shape index (κ1) is 13.1. The summed E-state index contributed by atoms with van der Waals surface area (Å²) in [7, 11) is 0. The average molecular weight is 301 g/mol. The summed E-state index contributed by atoms with van der Waals surface area (Å²) in [5.41, 5.74) is 0. The van der Waals surface area contributed by atoms with E-state index < -0.39 is 0 Å². The monoisotopic (exact) mass is 300 g/mol. The van der Waals surface area contributed by atoms with Crippen molar-refractivity contribution < 1.29 is 4.52 Å². The van der Waals surface area contributed by atoms with E-state index >= 15 is 0 Å². The zero-order valence-corrected chi connectivity index (χ0v) is 12.2. The number of rotatable bonds is 4. The maximum Gasteiger partial charge on any atom is 0.240 e. The van der Waals surface area contributed by atoms with Crippen LogP contribution < -0.4 is 0 Å². The molecule has 4 heteroatoms. The molecule has 3 unspecified atom stereocenters. The molecular weight excluding hydrogens is 280 g/mol. The minimum absolute atomic E-state index is 0.203.